The molecule has 0 fully saturated rings. The van der Waals surface area contributed by atoms with E-state index in [0.717, 1.165) is 12.1 Å². The number of alkyl halides is 3. The molecule has 1 N–H and O–H groups in total. The van der Waals surface area contributed by atoms with Crippen LogP contribution in [-0.2, 0) is 11.0 Å². The van der Waals surface area contributed by atoms with Gasteiger partial charge in [-0.1, -0.05) is 0 Å². The second kappa shape index (κ2) is 5.75. The molecule has 100 valence electrons. The van der Waals surface area contributed by atoms with Crippen molar-refractivity contribution in [2.45, 2.75) is 19.0 Å². The lowest BCUT2D eigenvalue weighted by molar-refractivity contribution is -0.138. The van der Waals surface area contributed by atoms with Gasteiger partial charge in [-0.25, -0.2) is 0 Å². The van der Waals surface area contributed by atoms with Crippen molar-refractivity contribution in [3.8, 4) is 0 Å². The molecular formula is C12H14F3NO2. The largest absolute Gasteiger partial charge is 0.481 e. The number of hydrogen-bond acceptors (Lipinski definition) is 2. The van der Waals surface area contributed by atoms with Gasteiger partial charge in [0, 0.05) is 25.7 Å². The molecule has 1 aromatic carbocycles. The van der Waals surface area contributed by atoms with Crippen LogP contribution in [0.5, 0.6) is 0 Å². The lowest BCUT2D eigenvalue weighted by Crippen LogP contribution is -2.19. The molecule has 0 heterocycles. The van der Waals surface area contributed by atoms with Crippen molar-refractivity contribution in [3.63, 3.8) is 0 Å². The SMILES string of the molecule is CN(CCCC(=O)O)c1ccc(C(F)(F)F)cc1. The van der Waals surface area contributed by atoms with Gasteiger partial charge in [0.2, 0.25) is 0 Å². The van der Waals surface area contributed by atoms with Crippen LogP contribution >= 0.6 is 0 Å². The maximum atomic E-state index is 12.3. The van der Waals surface area contributed by atoms with Gasteiger partial charge in [0.05, 0.1) is 5.56 Å². The summed E-state index contributed by atoms with van der Waals surface area (Å²) < 4.78 is 37.0. The molecule has 0 atom stereocenters. The number of benzene rings is 1. The molecule has 0 radical (unpaired) electrons. The van der Waals surface area contributed by atoms with E-state index in [1.165, 1.54) is 12.1 Å². The van der Waals surface area contributed by atoms with E-state index in [9.17, 15) is 18.0 Å². The molecule has 0 amide bonds. The summed E-state index contributed by atoms with van der Waals surface area (Å²) in [5.74, 6) is -0.879. The molecule has 0 aromatic heterocycles. The number of carbonyl (C=O) groups is 1. The Kier molecular flexibility index (Phi) is 4.58. The number of halogens is 3. The molecule has 1 rings (SSSR count). The third-order valence-corrected chi connectivity index (χ3v) is 2.52. The highest BCUT2D eigenvalue weighted by Gasteiger charge is 2.30. The van der Waals surface area contributed by atoms with E-state index in [-0.39, 0.29) is 6.42 Å². The number of carboxylic acids is 1. The molecule has 3 nitrogen and oxygen atoms in total. The first kappa shape index (κ1) is 14.3. The van der Waals surface area contributed by atoms with Gasteiger partial charge in [0.1, 0.15) is 0 Å². The van der Waals surface area contributed by atoms with Gasteiger partial charge in [-0.15, -0.1) is 0 Å². The molecule has 18 heavy (non-hydrogen) atoms. The quantitative estimate of drug-likeness (QED) is 0.885. The van der Waals surface area contributed by atoms with Gasteiger partial charge in [-0.2, -0.15) is 13.2 Å². The minimum absolute atomic E-state index is 0.0466. The minimum atomic E-state index is -4.33. The molecule has 0 unspecified atom stereocenters. The van der Waals surface area contributed by atoms with Gasteiger partial charge in [0.15, 0.2) is 0 Å². The van der Waals surface area contributed by atoms with E-state index in [4.69, 9.17) is 5.11 Å². The molecule has 0 bridgehead atoms. The normalized spacial score (nSPS) is 11.3. The van der Waals surface area contributed by atoms with Crippen LogP contribution in [0.3, 0.4) is 0 Å². The number of nitrogens with zero attached hydrogens (tertiary/aromatic N) is 1. The molecule has 0 saturated carbocycles. The van der Waals surface area contributed by atoms with Gasteiger partial charge in [-0.3, -0.25) is 4.79 Å². The fourth-order valence-corrected chi connectivity index (χ4v) is 1.50. The topological polar surface area (TPSA) is 40.5 Å². The van der Waals surface area contributed by atoms with Gasteiger partial charge in [-0.05, 0) is 30.7 Å². The van der Waals surface area contributed by atoms with Crippen LogP contribution in [0.15, 0.2) is 24.3 Å². The first-order valence-electron chi connectivity index (χ1n) is 5.41. The van der Waals surface area contributed by atoms with E-state index in [2.05, 4.69) is 0 Å². The second-order valence-corrected chi connectivity index (χ2v) is 3.96. The number of aliphatic carboxylic acids is 1. The average molecular weight is 261 g/mol. The van der Waals surface area contributed by atoms with Crippen LogP contribution in [0.1, 0.15) is 18.4 Å². The second-order valence-electron chi connectivity index (χ2n) is 3.96. The van der Waals surface area contributed by atoms with Crippen molar-refractivity contribution in [1.29, 1.82) is 0 Å². The zero-order valence-corrected chi connectivity index (χ0v) is 9.87. The fourth-order valence-electron chi connectivity index (χ4n) is 1.50. The van der Waals surface area contributed by atoms with Crippen molar-refractivity contribution in [2.75, 3.05) is 18.5 Å². The van der Waals surface area contributed by atoms with E-state index in [1.54, 1.807) is 11.9 Å². The Hall–Kier alpha value is -1.72. The minimum Gasteiger partial charge on any atom is -0.481 e. The smallest absolute Gasteiger partial charge is 0.416 e. The van der Waals surface area contributed by atoms with Gasteiger partial charge < -0.3 is 10.0 Å². The predicted molar refractivity (Wildman–Crippen MR) is 61.6 cm³/mol. The van der Waals surface area contributed by atoms with E-state index in [1.807, 2.05) is 0 Å². The fraction of sp³-hybridized carbons (Fsp3) is 0.417. The summed E-state index contributed by atoms with van der Waals surface area (Å²) in [4.78, 5) is 12.1. The predicted octanol–water partition coefficient (Wildman–Crippen LogP) is 3.01. The van der Waals surface area contributed by atoms with Crippen molar-refractivity contribution < 1.29 is 23.1 Å². The summed E-state index contributed by atoms with van der Waals surface area (Å²) in [7, 11) is 1.71. The Morgan fingerprint density at radius 2 is 1.83 bits per heavy atom. The third-order valence-electron chi connectivity index (χ3n) is 2.52. The lowest BCUT2D eigenvalue weighted by Gasteiger charge is -2.19. The molecule has 0 aliphatic rings. The molecule has 0 aliphatic heterocycles. The van der Waals surface area contributed by atoms with Crippen molar-refractivity contribution >= 4 is 11.7 Å². The molecule has 1 aromatic rings. The number of hydrogen-bond donors (Lipinski definition) is 1. The van der Waals surface area contributed by atoms with Crippen molar-refractivity contribution in [3.05, 3.63) is 29.8 Å². The summed E-state index contributed by atoms with van der Waals surface area (Å²) >= 11 is 0. The highest BCUT2D eigenvalue weighted by atomic mass is 19.4. The molecule has 0 aliphatic carbocycles. The summed E-state index contributed by atoms with van der Waals surface area (Å²) in [6, 6.07) is 4.79. The van der Waals surface area contributed by atoms with Crippen LogP contribution in [0.2, 0.25) is 0 Å². The van der Waals surface area contributed by atoms with E-state index in [0.29, 0.717) is 18.7 Å². The average Bonchev–Trinajstić information content (AvgIpc) is 2.27. The van der Waals surface area contributed by atoms with Gasteiger partial charge >= 0.3 is 12.1 Å². The lowest BCUT2D eigenvalue weighted by atomic mass is 10.2. The Labute approximate surface area is 103 Å². The Morgan fingerprint density at radius 1 is 1.28 bits per heavy atom. The zero-order valence-electron chi connectivity index (χ0n) is 9.87. The Morgan fingerprint density at radius 3 is 2.28 bits per heavy atom. The monoisotopic (exact) mass is 261 g/mol. The van der Waals surface area contributed by atoms with Gasteiger partial charge in [0.25, 0.3) is 0 Å². The Balaban J connectivity index is 2.59. The molecule has 6 heteroatoms. The number of rotatable bonds is 5. The summed E-state index contributed by atoms with van der Waals surface area (Å²) in [5.41, 5.74) is -0.0569. The Bertz CT molecular complexity index is 401. The zero-order chi connectivity index (χ0) is 13.8. The standard InChI is InChI=1S/C12H14F3NO2/c1-16(8-2-3-11(17)18)10-6-4-9(5-7-10)12(13,14)15/h4-7H,2-3,8H2,1H3,(H,17,18). The van der Waals surface area contributed by atoms with Crippen LogP contribution in [-0.4, -0.2) is 24.7 Å². The first-order chi connectivity index (χ1) is 8.30. The molecule has 0 saturated heterocycles. The van der Waals surface area contributed by atoms with Crippen LogP contribution < -0.4 is 4.90 Å². The number of carboxylic acid groups (broad SMARTS) is 1. The molecular weight excluding hydrogens is 247 g/mol. The van der Waals surface area contributed by atoms with Crippen molar-refractivity contribution in [1.82, 2.24) is 0 Å². The maximum absolute atomic E-state index is 12.3. The van der Waals surface area contributed by atoms with E-state index >= 15 is 0 Å². The maximum Gasteiger partial charge on any atom is 0.416 e. The highest BCUT2D eigenvalue weighted by molar-refractivity contribution is 5.66. The van der Waals surface area contributed by atoms with Crippen LogP contribution in [0.4, 0.5) is 18.9 Å². The van der Waals surface area contributed by atoms with Crippen LogP contribution in [0, 0.1) is 0 Å². The van der Waals surface area contributed by atoms with E-state index < -0.39 is 17.7 Å². The molecule has 0 spiro atoms. The van der Waals surface area contributed by atoms with Crippen molar-refractivity contribution in [2.24, 2.45) is 0 Å². The summed E-state index contributed by atoms with van der Waals surface area (Å²) in [6.45, 7) is 0.484. The highest BCUT2D eigenvalue weighted by Crippen LogP contribution is 2.30. The summed E-state index contributed by atoms with van der Waals surface area (Å²) in [6.07, 6.45) is -3.84. The third kappa shape index (κ3) is 4.27. The first-order valence-corrected chi connectivity index (χ1v) is 5.41. The van der Waals surface area contributed by atoms with Crippen LogP contribution in [0.25, 0.3) is 0 Å². The summed E-state index contributed by atoms with van der Waals surface area (Å²) in [5, 5.41) is 8.48. The number of anilines is 1.